The summed E-state index contributed by atoms with van der Waals surface area (Å²) in [6.45, 7) is 4.04. The molecule has 4 heterocycles. The molecule has 0 radical (unpaired) electrons. The first-order valence-electron chi connectivity index (χ1n) is 11.6. The Morgan fingerprint density at radius 3 is 2.53 bits per heavy atom. The van der Waals surface area contributed by atoms with Gasteiger partial charge in [0, 0.05) is 43.9 Å². The first-order chi connectivity index (χ1) is 15.5. The topological polar surface area (TPSA) is 56.2 Å². The molecule has 0 spiro atoms. The number of aliphatic hydroxyl groups is 2. The summed E-state index contributed by atoms with van der Waals surface area (Å²) in [5.74, 6) is 6.90. The van der Waals surface area contributed by atoms with Gasteiger partial charge < -0.3 is 19.8 Å². The van der Waals surface area contributed by atoms with Gasteiger partial charge in [0.1, 0.15) is 11.7 Å². The number of anilines is 1. The fraction of sp³-hybridized carbons (Fsp3) is 0.481. The molecule has 2 bridgehead atoms. The standard InChI is InChI=1S/C27H32N2O3/c1-32-26-18-29(17-25(26)30)24-8-7-21(22(16-24)15-20-5-3-2-4-6-20)9-12-27(31)19-28-13-10-23(27)11-14-28/h2-8,16,23,25-26,30-31H,10-11,13-15,17-19H2,1H3/t25-,26+,27+/m0/s1. The van der Waals surface area contributed by atoms with Gasteiger partial charge in [-0.1, -0.05) is 42.2 Å². The maximum absolute atomic E-state index is 11.3. The molecule has 4 aliphatic rings. The predicted octanol–water partition coefficient (Wildman–Crippen LogP) is 2.28. The number of piperidine rings is 3. The normalized spacial score (nSPS) is 31.4. The number of nitrogens with zero attached hydrogens (tertiary/aromatic N) is 2. The van der Waals surface area contributed by atoms with E-state index in [9.17, 15) is 10.2 Å². The monoisotopic (exact) mass is 432 g/mol. The molecule has 5 heteroatoms. The van der Waals surface area contributed by atoms with Crippen LogP contribution >= 0.6 is 0 Å². The van der Waals surface area contributed by atoms with Gasteiger partial charge in [-0.3, -0.25) is 4.90 Å². The number of fused-ring (bicyclic) bond motifs is 3. The molecule has 4 aliphatic heterocycles. The largest absolute Gasteiger partial charge is 0.388 e. The summed E-state index contributed by atoms with van der Waals surface area (Å²) in [5.41, 5.74) is 3.49. The maximum Gasteiger partial charge on any atom is 0.141 e. The Bertz CT molecular complexity index is 1010. The van der Waals surface area contributed by atoms with Gasteiger partial charge in [0.05, 0.1) is 6.10 Å². The van der Waals surface area contributed by atoms with Gasteiger partial charge >= 0.3 is 0 Å². The van der Waals surface area contributed by atoms with Crippen LogP contribution in [0.1, 0.15) is 29.5 Å². The summed E-state index contributed by atoms with van der Waals surface area (Å²) >= 11 is 0. The number of aliphatic hydroxyl groups excluding tert-OH is 1. The molecule has 2 aromatic rings. The van der Waals surface area contributed by atoms with E-state index in [0.29, 0.717) is 19.6 Å². The Kier molecular flexibility index (Phi) is 5.96. The van der Waals surface area contributed by atoms with Crippen molar-refractivity contribution in [3.05, 3.63) is 65.2 Å². The molecule has 4 saturated heterocycles. The highest BCUT2D eigenvalue weighted by Gasteiger charge is 2.44. The summed E-state index contributed by atoms with van der Waals surface area (Å²) in [6.07, 6.45) is 2.18. The van der Waals surface area contributed by atoms with Crippen LogP contribution in [0.15, 0.2) is 48.5 Å². The zero-order valence-corrected chi connectivity index (χ0v) is 18.7. The van der Waals surface area contributed by atoms with Gasteiger partial charge in [-0.25, -0.2) is 0 Å². The Hall–Kier alpha value is -2.36. The van der Waals surface area contributed by atoms with Gasteiger partial charge in [0.25, 0.3) is 0 Å². The van der Waals surface area contributed by atoms with Crippen LogP contribution in [0.4, 0.5) is 5.69 Å². The minimum Gasteiger partial charge on any atom is -0.388 e. The quantitative estimate of drug-likeness (QED) is 0.726. The van der Waals surface area contributed by atoms with Crippen molar-refractivity contribution in [3.8, 4) is 11.8 Å². The Balaban J connectivity index is 1.46. The highest BCUT2D eigenvalue weighted by atomic mass is 16.5. The van der Waals surface area contributed by atoms with E-state index in [1.54, 1.807) is 7.11 Å². The van der Waals surface area contributed by atoms with Crippen LogP contribution in [-0.2, 0) is 11.2 Å². The molecule has 0 aliphatic carbocycles. The van der Waals surface area contributed by atoms with E-state index in [1.165, 1.54) is 5.56 Å². The van der Waals surface area contributed by atoms with Gasteiger partial charge in [-0.15, -0.1) is 0 Å². The van der Waals surface area contributed by atoms with E-state index in [2.05, 4.69) is 64.1 Å². The lowest BCUT2D eigenvalue weighted by Gasteiger charge is -2.47. The van der Waals surface area contributed by atoms with Crippen LogP contribution in [-0.4, -0.2) is 72.8 Å². The second kappa shape index (κ2) is 8.88. The minimum absolute atomic E-state index is 0.169. The predicted molar refractivity (Wildman–Crippen MR) is 126 cm³/mol. The van der Waals surface area contributed by atoms with Gasteiger partial charge in [-0.2, -0.15) is 0 Å². The number of hydrogen-bond acceptors (Lipinski definition) is 5. The number of β-amino-alcohol motifs (C(OH)–C–C–N with tert-alkyl or cyclic N) is 1. The lowest BCUT2D eigenvalue weighted by Crippen LogP contribution is -2.58. The highest BCUT2D eigenvalue weighted by Crippen LogP contribution is 2.35. The summed E-state index contributed by atoms with van der Waals surface area (Å²) < 4.78 is 5.42. The molecular weight excluding hydrogens is 400 g/mol. The fourth-order valence-corrected chi connectivity index (χ4v) is 5.42. The van der Waals surface area contributed by atoms with Crippen molar-refractivity contribution in [1.82, 2.24) is 4.90 Å². The van der Waals surface area contributed by atoms with Crippen molar-refractivity contribution in [2.75, 3.05) is 44.7 Å². The van der Waals surface area contributed by atoms with Crippen molar-refractivity contribution >= 4 is 5.69 Å². The Labute approximate surface area is 190 Å². The lowest BCUT2D eigenvalue weighted by molar-refractivity contribution is -0.0713. The SMILES string of the molecule is CO[C@@H]1CN(c2ccc(C#C[C@@]3(O)CN4CCC3CC4)c(Cc3ccccc3)c2)C[C@@H]1O. The molecule has 0 unspecified atom stereocenters. The second-order valence-electron chi connectivity index (χ2n) is 9.47. The Morgan fingerprint density at radius 1 is 1.09 bits per heavy atom. The molecule has 2 N–H and O–H groups in total. The Morgan fingerprint density at radius 2 is 1.88 bits per heavy atom. The van der Waals surface area contributed by atoms with Gasteiger partial charge in [-0.05, 0) is 61.7 Å². The average Bonchev–Trinajstić information content (AvgIpc) is 3.20. The van der Waals surface area contributed by atoms with Crippen LogP contribution in [0.2, 0.25) is 0 Å². The number of hydrogen-bond donors (Lipinski definition) is 2. The van der Waals surface area contributed by atoms with E-state index >= 15 is 0 Å². The van der Waals surface area contributed by atoms with E-state index in [-0.39, 0.29) is 12.0 Å². The van der Waals surface area contributed by atoms with Gasteiger partial charge in [0.15, 0.2) is 0 Å². The maximum atomic E-state index is 11.3. The van der Waals surface area contributed by atoms with Crippen molar-refractivity contribution in [3.63, 3.8) is 0 Å². The number of rotatable bonds is 4. The van der Waals surface area contributed by atoms with E-state index < -0.39 is 11.7 Å². The smallest absolute Gasteiger partial charge is 0.141 e. The molecule has 2 aromatic carbocycles. The van der Waals surface area contributed by atoms with Crippen molar-refractivity contribution in [1.29, 1.82) is 0 Å². The first kappa shape index (κ1) is 21.5. The molecule has 168 valence electrons. The molecule has 6 rings (SSSR count). The number of ether oxygens (including phenoxy) is 1. The second-order valence-corrected chi connectivity index (χ2v) is 9.47. The number of benzene rings is 2. The van der Waals surface area contributed by atoms with Gasteiger partial charge in [0.2, 0.25) is 0 Å². The third kappa shape index (κ3) is 4.29. The van der Waals surface area contributed by atoms with E-state index in [4.69, 9.17) is 4.74 Å². The third-order valence-corrected chi connectivity index (χ3v) is 7.37. The lowest BCUT2D eigenvalue weighted by atomic mass is 9.75. The average molecular weight is 433 g/mol. The molecule has 0 saturated carbocycles. The summed E-state index contributed by atoms with van der Waals surface area (Å²) in [7, 11) is 1.65. The molecule has 0 amide bonds. The van der Waals surface area contributed by atoms with E-state index in [0.717, 1.165) is 49.2 Å². The summed E-state index contributed by atoms with van der Waals surface area (Å²) in [6, 6.07) is 16.7. The molecule has 0 aromatic heterocycles. The van der Waals surface area contributed by atoms with Crippen LogP contribution in [0, 0.1) is 17.8 Å². The third-order valence-electron chi connectivity index (χ3n) is 7.37. The van der Waals surface area contributed by atoms with Crippen LogP contribution in [0.3, 0.4) is 0 Å². The van der Waals surface area contributed by atoms with Crippen molar-refractivity contribution < 1.29 is 14.9 Å². The van der Waals surface area contributed by atoms with E-state index in [1.807, 2.05) is 6.07 Å². The van der Waals surface area contributed by atoms with Crippen molar-refractivity contribution in [2.45, 2.75) is 37.1 Å². The summed E-state index contributed by atoms with van der Waals surface area (Å²) in [4.78, 5) is 4.50. The zero-order chi connectivity index (χ0) is 22.1. The fourth-order valence-electron chi connectivity index (χ4n) is 5.42. The highest BCUT2D eigenvalue weighted by molar-refractivity contribution is 5.57. The van der Waals surface area contributed by atoms with Crippen LogP contribution in [0.5, 0.6) is 0 Å². The van der Waals surface area contributed by atoms with Crippen LogP contribution < -0.4 is 4.90 Å². The molecule has 5 nitrogen and oxygen atoms in total. The number of methoxy groups -OCH3 is 1. The molecule has 3 atom stereocenters. The van der Waals surface area contributed by atoms with Crippen LogP contribution in [0.25, 0.3) is 0 Å². The first-order valence-corrected chi connectivity index (χ1v) is 11.6. The minimum atomic E-state index is -0.913. The molecule has 4 fully saturated rings. The molecular formula is C27H32N2O3. The summed E-state index contributed by atoms with van der Waals surface area (Å²) in [5, 5.41) is 21.5. The zero-order valence-electron chi connectivity index (χ0n) is 18.7. The van der Waals surface area contributed by atoms with Crippen molar-refractivity contribution in [2.24, 2.45) is 5.92 Å². The molecule has 32 heavy (non-hydrogen) atoms.